The molecule has 1 aromatic rings. The third-order valence-electron chi connectivity index (χ3n) is 2.27. The summed E-state index contributed by atoms with van der Waals surface area (Å²) in [6.07, 6.45) is 1.83. The fourth-order valence-corrected chi connectivity index (χ4v) is 1.99. The number of hydrogen-bond acceptors (Lipinski definition) is 2. The molecule has 0 saturated heterocycles. The molecule has 0 aliphatic heterocycles. The van der Waals surface area contributed by atoms with Crippen molar-refractivity contribution in [3.8, 4) is 0 Å². The van der Waals surface area contributed by atoms with Gasteiger partial charge in [0.05, 0.1) is 0 Å². The van der Waals surface area contributed by atoms with Crippen LogP contribution in [0.5, 0.6) is 0 Å². The van der Waals surface area contributed by atoms with Crippen molar-refractivity contribution in [2.24, 2.45) is 5.92 Å². The third kappa shape index (κ3) is 4.67. The largest absolute Gasteiger partial charge is 0.282 e. The number of benzene rings is 1. The van der Waals surface area contributed by atoms with Crippen molar-refractivity contribution in [2.45, 2.75) is 31.6 Å². The zero-order valence-electron chi connectivity index (χ0n) is 9.90. The summed E-state index contributed by atoms with van der Waals surface area (Å²) in [7, 11) is 0. The summed E-state index contributed by atoms with van der Waals surface area (Å²) in [5.41, 5.74) is 0.725. The van der Waals surface area contributed by atoms with Gasteiger partial charge in [-0.15, -0.1) is 0 Å². The highest BCUT2D eigenvalue weighted by atomic mass is 32.2. The first kappa shape index (κ1) is 13.0. The maximum atomic E-state index is 11.8. The molecule has 0 unspecified atom stereocenters. The number of rotatable bonds is 5. The van der Waals surface area contributed by atoms with Gasteiger partial charge in [-0.2, -0.15) is 0 Å². The van der Waals surface area contributed by atoms with Crippen molar-refractivity contribution in [1.29, 1.82) is 0 Å². The van der Waals surface area contributed by atoms with E-state index in [-0.39, 0.29) is 5.12 Å². The average Bonchev–Trinajstić information content (AvgIpc) is 2.27. The molecule has 0 radical (unpaired) electrons. The number of carbonyl (C=O) groups excluding carboxylic acids is 1. The molecule has 0 amide bonds. The molecule has 16 heavy (non-hydrogen) atoms. The molecule has 86 valence electrons. The minimum atomic E-state index is 0.0897. The molecular weight excluding hydrogens is 216 g/mol. The highest BCUT2D eigenvalue weighted by Gasteiger charge is 2.09. The lowest BCUT2D eigenvalue weighted by Crippen LogP contribution is -1.98. The average molecular weight is 234 g/mol. The Kier molecular flexibility index (Phi) is 5.33. The van der Waals surface area contributed by atoms with Crippen LogP contribution < -0.4 is 0 Å². The monoisotopic (exact) mass is 234 g/mol. The van der Waals surface area contributed by atoms with E-state index in [9.17, 15) is 4.79 Å². The van der Waals surface area contributed by atoms with E-state index < -0.39 is 0 Å². The first-order valence-corrected chi connectivity index (χ1v) is 6.36. The predicted molar refractivity (Wildman–Crippen MR) is 70.5 cm³/mol. The maximum Gasteiger partial charge on any atom is 0.219 e. The zero-order chi connectivity index (χ0) is 12.0. The van der Waals surface area contributed by atoms with Crippen molar-refractivity contribution in [1.82, 2.24) is 0 Å². The number of hydrogen-bond donors (Lipinski definition) is 0. The zero-order valence-corrected chi connectivity index (χ0v) is 10.7. The second-order valence-electron chi connectivity index (χ2n) is 4.24. The molecule has 0 fully saturated rings. The van der Waals surface area contributed by atoms with Crippen LogP contribution in [0.4, 0.5) is 0 Å². The Labute approximate surface area is 102 Å². The van der Waals surface area contributed by atoms with Crippen LogP contribution in [-0.2, 0) is 4.79 Å². The Bertz CT molecular complexity index is 354. The summed E-state index contributed by atoms with van der Waals surface area (Å²) < 4.78 is 0. The molecule has 0 spiro atoms. The fraction of sp³-hybridized carbons (Fsp3) is 0.357. The van der Waals surface area contributed by atoms with Crippen molar-refractivity contribution in [2.75, 3.05) is 0 Å². The topological polar surface area (TPSA) is 17.1 Å². The summed E-state index contributed by atoms with van der Waals surface area (Å²) >= 11 is 1.26. The standard InChI is InChI=1S/C14H18OS/c1-11(2)9-10-12(3)14(15)16-13-7-5-4-6-8-13/h4-8,11H,3,9-10H2,1-2H3. The Balaban J connectivity index is 2.44. The first-order chi connectivity index (χ1) is 7.59. The van der Waals surface area contributed by atoms with Crippen LogP contribution in [0.3, 0.4) is 0 Å². The molecule has 0 aliphatic rings. The summed E-state index contributed by atoms with van der Waals surface area (Å²) in [5, 5.41) is 0.0897. The van der Waals surface area contributed by atoms with Crippen molar-refractivity contribution in [3.05, 3.63) is 42.5 Å². The summed E-state index contributed by atoms with van der Waals surface area (Å²) in [6.45, 7) is 8.16. The van der Waals surface area contributed by atoms with Gasteiger partial charge in [-0.25, -0.2) is 0 Å². The van der Waals surface area contributed by atoms with E-state index in [2.05, 4.69) is 20.4 Å². The van der Waals surface area contributed by atoms with Gasteiger partial charge in [-0.05, 0) is 48.2 Å². The van der Waals surface area contributed by atoms with Crippen molar-refractivity contribution in [3.63, 3.8) is 0 Å². The summed E-state index contributed by atoms with van der Waals surface area (Å²) in [6, 6.07) is 9.71. The third-order valence-corrected chi connectivity index (χ3v) is 3.25. The van der Waals surface area contributed by atoms with Gasteiger partial charge in [0.1, 0.15) is 0 Å². The van der Waals surface area contributed by atoms with Gasteiger partial charge in [0.15, 0.2) is 0 Å². The minimum absolute atomic E-state index is 0.0897. The molecule has 0 aliphatic carbocycles. The number of carbonyl (C=O) groups is 1. The lowest BCUT2D eigenvalue weighted by Gasteiger charge is -2.06. The molecule has 0 heterocycles. The Hall–Kier alpha value is -1.02. The highest BCUT2D eigenvalue weighted by Crippen LogP contribution is 2.23. The number of thioether (sulfide) groups is 1. The van der Waals surface area contributed by atoms with Crippen molar-refractivity contribution >= 4 is 16.9 Å². The van der Waals surface area contributed by atoms with Crippen LogP contribution in [0.1, 0.15) is 26.7 Å². The van der Waals surface area contributed by atoms with Gasteiger partial charge in [0, 0.05) is 4.90 Å². The van der Waals surface area contributed by atoms with Gasteiger partial charge in [0.2, 0.25) is 5.12 Å². The molecule has 1 nitrogen and oxygen atoms in total. The van der Waals surface area contributed by atoms with Gasteiger partial charge < -0.3 is 0 Å². The van der Waals surface area contributed by atoms with Crippen LogP contribution in [0.15, 0.2) is 47.4 Å². The van der Waals surface area contributed by atoms with Gasteiger partial charge in [0.25, 0.3) is 0 Å². The smallest absolute Gasteiger partial charge is 0.219 e. The van der Waals surface area contributed by atoms with Crippen molar-refractivity contribution < 1.29 is 4.79 Å². The van der Waals surface area contributed by atoms with Crippen LogP contribution in [-0.4, -0.2) is 5.12 Å². The highest BCUT2D eigenvalue weighted by molar-refractivity contribution is 8.14. The molecule has 0 bridgehead atoms. The van der Waals surface area contributed by atoms with Gasteiger partial charge in [-0.1, -0.05) is 38.6 Å². The maximum absolute atomic E-state index is 11.8. The normalized spacial score (nSPS) is 10.4. The van der Waals surface area contributed by atoms with E-state index >= 15 is 0 Å². The summed E-state index contributed by atoms with van der Waals surface area (Å²) in [4.78, 5) is 12.8. The van der Waals surface area contributed by atoms with E-state index in [1.54, 1.807) is 0 Å². The van der Waals surface area contributed by atoms with Crippen LogP contribution in [0.25, 0.3) is 0 Å². The second-order valence-corrected chi connectivity index (χ2v) is 5.28. The molecule has 0 saturated carbocycles. The van der Waals surface area contributed by atoms with Crippen LogP contribution >= 0.6 is 11.8 Å². The molecule has 1 rings (SSSR count). The van der Waals surface area contributed by atoms with E-state index in [4.69, 9.17) is 0 Å². The Morgan fingerprint density at radius 2 is 1.94 bits per heavy atom. The molecular formula is C14H18OS. The fourth-order valence-electron chi connectivity index (χ4n) is 1.23. The van der Waals surface area contributed by atoms with Gasteiger partial charge >= 0.3 is 0 Å². The molecule has 0 N–H and O–H groups in total. The van der Waals surface area contributed by atoms with E-state index in [1.807, 2.05) is 30.3 Å². The quantitative estimate of drug-likeness (QED) is 0.558. The molecule has 0 atom stereocenters. The first-order valence-electron chi connectivity index (χ1n) is 5.54. The van der Waals surface area contributed by atoms with Crippen LogP contribution in [0, 0.1) is 5.92 Å². The summed E-state index contributed by atoms with van der Waals surface area (Å²) in [5.74, 6) is 0.617. The second kappa shape index (κ2) is 6.54. The van der Waals surface area contributed by atoms with Gasteiger partial charge in [-0.3, -0.25) is 4.79 Å². The lowest BCUT2D eigenvalue weighted by atomic mass is 10.0. The van der Waals surface area contributed by atoms with E-state index in [1.165, 1.54) is 11.8 Å². The lowest BCUT2D eigenvalue weighted by molar-refractivity contribution is -0.108. The molecule has 2 heteroatoms. The predicted octanol–water partition coefficient (Wildman–Crippen LogP) is 4.30. The van der Waals surface area contributed by atoms with Crippen LogP contribution in [0.2, 0.25) is 0 Å². The Morgan fingerprint density at radius 3 is 2.50 bits per heavy atom. The molecule has 1 aromatic carbocycles. The minimum Gasteiger partial charge on any atom is -0.282 e. The SMILES string of the molecule is C=C(CCC(C)C)C(=O)Sc1ccccc1. The van der Waals surface area contributed by atoms with E-state index in [0.29, 0.717) is 5.92 Å². The Morgan fingerprint density at radius 1 is 1.31 bits per heavy atom. The molecule has 0 aromatic heterocycles. The van der Waals surface area contributed by atoms with E-state index in [0.717, 1.165) is 23.3 Å².